The number of benzene rings is 1. The van der Waals surface area contributed by atoms with Crippen molar-refractivity contribution in [3.8, 4) is 5.75 Å². The summed E-state index contributed by atoms with van der Waals surface area (Å²) in [5, 5.41) is 12.4. The van der Waals surface area contributed by atoms with Crippen LogP contribution in [0.5, 0.6) is 5.75 Å². The molecule has 100 valence electrons. The maximum absolute atomic E-state index is 11.7. The highest BCUT2D eigenvalue weighted by molar-refractivity contribution is 9.10. The average molecular weight is 315 g/mol. The molecule has 1 amide bonds. The minimum atomic E-state index is -0.0905. The molecule has 4 N–H and O–H groups in total. The Morgan fingerprint density at radius 3 is 2.89 bits per heavy atom. The number of anilines is 1. The van der Waals surface area contributed by atoms with Crippen LogP contribution in [0.25, 0.3) is 0 Å². The fourth-order valence-corrected chi connectivity index (χ4v) is 2.00. The lowest BCUT2D eigenvalue weighted by Crippen LogP contribution is -2.14. The van der Waals surface area contributed by atoms with Crippen LogP contribution in [0.1, 0.15) is 26.2 Å². The number of carbonyl (C=O) groups excluding carboxylic acids is 1. The van der Waals surface area contributed by atoms with E-state index in [1.54, 1.807) is 18.2 Å². The zero-order valence-corrected chi connectivity index (χ0v) is 12.0. The molecule has 5 heteroatoms. The number of hydrogen-bond acceptors (Lipinski definition) is 3. The average Bonchev–Trinajstić information content (AvgIpc) is 2.33. The summed E-state index contributed by atoms with van der Waals surface area (Å²) >= 11 is 3.20. The number of amides is 1. The zero-order valence-electron chi connectivity index (χ0n) is 10.4. The smallest absolute Gasteiger partial charge is 0.224 e. The molecule has 1 aromatic rings. The van der Waals surface area contributed by atoms with Crippen molar-refractivity contribution in [2.75, 3.05) is 11.9 Å². The molecule has 18 heavy (non-hydrogen) atoms. The maximum atomic E-state index is 11.7. The van der Waals surface area contributed by atoms with Crippen LogP contribution < -0.4 is 11.1 Å². The van der Waals surface area contributed by atoms with Crippen molar-refractivity contribution in [2.24, 2.45) is 11.7 Å². The molecule has 1 aromatic carbocycles. The predicted molar refractivity (Wildman–Crippen MR) is 76.5 cm³/mol. The van der Waals surface area contributed by atoms with E-state index in [4.69, 9.17) is 5.73 Å². The number of para-hydroxylation sites is 1. The Hall–Kier alpha value is -1.07. The summed E-state index contributed by atoms with van der Waals surface area (Å²) in [7, 11) is 0. The minimum absolute atomic E-state index is 0.0563. The number of carbonyl (C=O) groups is 1. The van der Waals surface area contributed by atoms with E-state index < -0.39 is 0 Å². The van der Waals surface area contributed by atoms with E-state index >= 15 is 0 Å². The Labute approximate surface area is 116 Å². The summed E-state index contributed by atoms with van der Waals surface area (Å²) in [6.07, 6.45) is 2.17. The van der Waals surface area contributed by atoms with Gasteiger partial charge in [-0.05, 0) is 53.4 Å². The molecular weight excluding hydrogens is 296 g/mol. The van der Waals surface area contributed by atoms with Crippen LogP contribution in [0, 0.1) is 5.92 Å². The highest BCUT2D eigenvalue weighted by Crippen LogP contribution is 2.31. The largest absolute Gasteiger partial charge is 0.505 e. The van der Waals surface area contributed by atoms with Gasteiger partial charge in [0.1, 0.15) is 0 Å². The van der Waals surface area contributed by atoms with Crippen molar-refractivity contribution in [1.82, 2.24) is 0 Å². The quantitative estimate of drug-likeness (QED) is 0.707. The Morgan fingerprint density at radius 2 is 2.22 bits per heavy atom. The second kappa shape index (κ2) is 7.38. The number of hydrogen-bond donors (Lipinski definition) is 3. The van der Waals surface area contributed by atoms with E-state index in [-0.39, 0.29) is 11.7 Å². The van der Waals surface area contributed by atoms with Gasteiger partial charge in [-0.1, -0.05) is 13.0 Å². The molecule has 1 atom stereocenters. The van der Waals surface area contributed by atoms with Gasteiger partial charge in [0.2, 0.25) is 5.91 Å². The molecule has 0 aliphatic rings. The molecule has 0 saturated heterocycles. The second-order valence-electron chi connectivity index (χ2n) is 4.41. The third-order valence-electron chi connectivity index (χ3n) is 2.78. The van der Waals surface area contributed by atoms with Gasteiger partial charge in [0, 0.05) is 6.42 Å². The van der Waals surface area contributed by atoms with Gasteiger partial charge < -0.3 is 16.2 Å². The topological polar surface area (TPSA) is 75.4 Å². The molecule has 0 aliphatic carbocycles. The Bertz CT molecular complexity index is 410. The van der Waals surface area contributed by atoms with Gasteiger partial charge in [0.15, 0.2) is 5.75 Å². The van der Waals surface area contributed by atoms with Gasteiger partial charge in [-0.3, -0.25) is 4.79 Å². The van der Waals surface area contributed by atoms with Crippen LogP contribution in [0.2, 0.25) is 0 Å². The minimum Gasteiger partial charge on any atom is -0.505 e. The molecule has 0 aromatic heterocycles. The highest BCUT2D eigenvalue weighted by Gasteiger charge is 2.10. The second-order valence-corrected chi connectivity index (χ2v) is 5.26. The molecular formula is C13H19BrN2O2. The van der Waals surface area contributed by atoms with Crippen molar-refractivity contribution < 1.29 is 9.90 Å². The van der Waals surface area contributed by atoms with E-state index in [2.05, 4.69) is 28.2 Å². The molecule has 4 nitrogen and oxygen atoms in total. The third kappa shape index (κ3) is 4.66. The number of rotatable bonds is 6. The zero-order chi connectivity index (χ0) is 13.5. The summed E-state index contributed by atoms with van der Waals surface area (Å²) in [6.45, 7) is 2.73. The third-order valence-corrected chi connectivity index (χ3v) is 3.42. The summed E-state index contributed by atoms with van der Waals surface area (Å²) in [5.41, 5.74) is 5.89. The van der Waals surface area contributed by atoms with E-state index in [1.165, 1.54) is 0 Å². The lowest BCUT2D eigenvalue weighted by atomic mass is 10.0. The first-order valence-electron chi connectivity index (χ1n) is 6.02. The molecule has 1 unspecified atom stereocenters. The number of aromatic hydroxyl groups is 1. The lowest BCUT2D eigenvalue weighted by molar-refractivity contribution is -0.116. The van der Waals surface area contributed by atoms with Crippen LogP contribution in [0.4, 0.5) is 5.69 Å². The van der Waals surface area contributed by atoms with Crippen molar-refractivity contribution in [2.45, 2.75) is 26.2 Å². The number of nitrogens with one attached hydrogen (secondary N) is 1. The molecule has 1 rings (SSSR count). The van der Waals surface area contributed by atoms with E-state index in [0.717, 1.165) is 12.8 Å². The normalized spacial score (nSPS) is 12.2. The fourth-order valence-electron chi connectivity index (χ4n) is 1.64. The monoisotopic (exact) mass is 314 g/mol. The van der Waals surface area contributed by atoms with Gasteiger partial charge in [0.25, 0.3) is 0 Å². The first-order chi connectivity index (χ1) is 8.54. The van der Waals surface area contributed by atoms with Gasteiger partial charge in [-0.15, -0.1) is 0 Å². The summed E-state index contributed by atoms with van der Waals surface area (Å²) in [5.74, 6) is 0.407. The van der Waals surface area contributed by atoms with Gasteiger partial charge in [0.05, 0.1) is 10.2 Å². The molecule has 0 bridgehead atoms. The molecule has 0 radical (unpaired) electrons. The standard InChI is InChI=1S/C13H19BrN2O2/c1-9(7-8-15)5-6-12(17)16-11-4-2-3-10(14)13(11)18/h2-4,9,18H,5-8,15H2,1H3,(H,16,17). The van der Waals surface area contributed by atoms with Gasteiger partial charge in [-0.25, -0.2) is 0 Å². The lowest BCUT2D eigenvalue weighted by Gasteiger charge is -2.11. The summed E-state index contributed by atoms with van der Waals surface area (Å²) < 4.78 is 0.566. The first kappa shape index (κ1) is 15.0. The maximum Gasteiger partial charge on any atom is 0.224 e. The van der Waals surface area contributed by atoms with E-state index in [0.29, 0.717) is 29.0 Å². The van der Waals surface area contributed by atoms with Gasteiger partial charge >= 0.3 is 0 Å². The SMILES string of the molecule is CC(CCN)CCC(=O)Nc1cccc(Br)c1O. The highest BCUT2D eigenvalue weighted by atomic mass is 79.9. The van der Waals surface area contributed by atoms with Crippen molar-refractivity contribution >= 4 is 27.5 Å². The van der Waals surface area contributed by atoms with Crippen molar-refractivity contribution in [3.63, 3.8) is 0 Å². The first-order valence-corrected chi connectivity index (χ1v) is 6.81. The molecule has 0 fully saturated rings. The van der Waals surface area contributed by atoms with Gasteiger partial charge in [-0.2, -0.15) is 0 Å². The van der Waals surface area contributed by atoms with Crippen molar-refractivity contribution in [3.05, 3.63) is 22.7 Å². The van der Waals surface area contributed by atoms with Crippen LogP contribution in [-0.4, -0.2) is 17.6 Å². The number of nitrogens with two attached hydrogens (primary N) is 1. The number of halogens is 1. The van der Waals surface area contributed by atoms with Crippen LogP contribution >= 0.6 is 15.9 Å². The number of phenols is 1. The van der Waals surface area contributed by atoms with Crippen LogP contribution in [-0.2, 0) is 4.79 Å². The van der Waals surface area contributed by atoms with Crippen LogP contribution in [0.3, 0.4) is 0 Å². The Balaban J connectivity index is 2.47. The summed E-state index contributed by atoms with van der Waals surface area (Å²) in [4.78, 5) is 11.7. The van der Waals surface area contributed by atoms with E-state index in [9.17, 15) is 9.90 Å². The van der Waals surface area contributed by atoms with E-state index in [1.807, 2.05) is 0 Å². The molecule has 0 saturated carbocycles. The van der Waals surface area contributed by atoms with Crippen LogP contribution in [0.15, 0.2) is 22.7 Å². The van der Waals surface area contributed by atoms with Crippen molar-refractivity contribution in [1.29, 1.82) is 0 Å². The Morgan fingerprint density at radius 1 is 1.50 bits per heavy atom. The predicted octanol–water partition coefficient (Wildman–Crippen LogP) is 2.86. The number of phenolic OH excluding ortho intramolecular Hbond substituents is 1. The molecule has 0 heterocycles. The Kier molecular flexibility index (Phi) is 6.15. The molecule has 0 spiro atoms. The summed E-state index contributed by atoms with van der Waals surface area (Å²) in [6, 6.07) is 5.14. The molecule has 0 aliphatic heterocycles. The fraction of sp³-hybridized carbons (Fsp3) is 0.462.